The molecular weight excluding hydrogens is 504 g/mol. The van der Waals surface area contributed by atoms with Gasteiger partial charge in [0.15, 0.2) is 5.82 Å². The van der Waals surface area contributed by atoms with E-state index in [1.807, 2.05) is 37.3 Å². The first kappa shape index (κ1) is 26.4. The molecule has 0 radical (unpaired) electrons. The molecule has 202 valence electrons. The summed E-state index contributed by atoms with van der Waals surface area (Å²) in [5, 5.41) is 5.62. The van der Waals surface area contributed by atoms with Gasteiger partial charge < -0.3 is 20.3 Å². The maximum absolute atomic E-state index is 12.0. The van der Waals surface area contributed by atoms with Crippen molar-refractivity contribution in [2.75, 3.05) is 36.5 Å². The summed E-state index contributed by atoms with van der Waals surface area (Å²) in [5.74, 6) is 1.23. The smallest absolute Gasteiger partial charge is 0.319 e. The number of nitrogens with one attached hydrogen (secondary N) is 2. The van der Waals surface area contributed by atoms with E-state index in [-0.39, 0.29) is 12.1 Å². The van der Waals surface area contributed by atoms with E-state index in [0.29, 0.717) is 61.2 Å². The van der Waals surface area contributed by atoms with Crippen LogP contribution in [0.3, 0.4) is 0 Å². The number of anilines is 2. The van der Waals surface area contributed by atoms with Gasteiger partial charge in [-0.2, -0.15) is 10.6 Å². The Morgan fingerprint density at radius 2 is 1.89 bits per heavy atom. The van der Waals surface area contributed by atoms with Crippen LogP contribution in [0.1, 0.15) is 38.8 Å². The average molecular weight is 539 g/mol. The van der Waals surface area contributed by atoms with Crippen molar-refractivity contribution in [2.45, 2.75) is 48.8 Å². The minimum Gasteiger partial charge on any atom is -0.377 e. The first-order chi connectivity index (χ1) is 18.3. The number of carbonyl (C=O) groups is 1. The van der Waals surface area contributed by atoms with Crippen molar-refractivity contribution < 1.29 is 18.6 Å². The number of carbonyl (C=O) groups excluding carboxylic acids is 1. The fourth-order valence-corrected chi connectivity index (χ4v) is 6.70. The zero-order chi connectivity index (χ0) is 26.8. The van der Waals surface area contributed by atoms with Gasteiger partial charge in [0.05, 0.1) is 29.8 Å². The van der Waals surface area contributed by atoms with E-state index in [9.17, 15) is 13.9 Å². The maximum atomic E-state index is 12.0. The number of morpholine rings is 1. The van der Waals surface area contributed by atoms with Gasteiger partial charge in [-0.25, -0.2) is 14.8 Å². The Kier molecular flexibility index (Phi) is 7.53. The topological polar surface area (TPSA) is 133 Å². The SMILES string of the molecule is CCCNC(=O)Nc1ccc(-c2nc(N3CCOC[C@@H]3C)cc(C3(S(O)(O)c4ccncc4)CC3)n2)cc1. The lowest BCUT2D eigenvalue weighted by molar-refractivity contribution is 0.0985. The van der Waals surface area contributed by atoms with Crippen LogP contribution in [0, 0.1) is 0 Å². The third-order valence-corrected chi connectivity index (χ3v) is 9.64. The highest BCUT2D eigenvalue weighted by atomic mass is 32.3. The lowest BCUT2D eigenvalue weighted by atomic mass is 10.1. The second-order valence-electron chi connectivity index (χ2n) is 9.74. The molecule has 2 aromatic heterocycles. The molecule has 5 rings (SSSR count). The highest BCUT2D eigenvalue weighted by molar-refractivity contribution is 8.25. The first-order valence-corrected chi connectivity index (χ1v) is 14.5. The number of urea groups is 1. The Balaban J connectivity index is 1.52. The summed E-state index contributed by atoms with van der Waals surface area (Å²) in [7, 11) is -3.20. The quantitative estimate of drug-likeness (QED) is 0.312. The van der Waals surface area contributed by atoms with Crippen LogP contribution in [0.2, 0.25) is 0 Å². The minimum atomic E-state index is -3.20. The molecule has 0 bridgehead atoms. The predicted molar refractivity (Wildman–Crippen MR) is 149 cm³/mol. The van der Waals surface area contributed by atoms with Gasteiger partial charge in [0.1, 0.15) is 10.6 Å². The van der Waals surface area contributed by atoms with E-state index in [2.05, 4.69) is 27.4 Å². The largest absolute Gasteiger partial charge is 0.377 e. The van der Waals surface area contributed by atoms with E-state index >= 15 is 0 Å². The standard InChI is InChI=1S/C27H34N6O4S/c1-3-12-29-26(34)30-21-6-4-20(5-7-21)25-31-23(17-24(32-25)33-15-16-37-18-19(33)2)27(10-11-27)38(35,36)22-8-13-28-14-9-22/h4-9,13-14,17,19,35-36H,3,10-12,15-16,18H2,1-2H3,(H2,29,30,34)/t19-/m0/s1. The summed E-state index contributed by atoms with van der Waals surface area (Å²) in [6.07, 6.45) is 5.23. The molecule has 0 unspecified atom stereocenters. The Labute approximate surface area is 224 Å². The highest BCUT2D eigenvalue weighted by Gasteiger charge is 2.57. The molecule has 1 saturated heterocycles. The van der Waals surface area contributed by atoms with Gasteiger partial charge >= 0.3 is 6.03 Å². The molecule has 1 atom stereocenters. The van der Waals surface area contributed by atoms with Crippen molar-refractivity contribution in [1.82, 2.24) is 20.3 Å². The van der Waals surface area contributed by atoms with Crippen molar-refractivity contribution in [1.29, 1.82) is 0 Å². The molecule has 1 saturated carbocycles. The molecule has 4 N–H and O–H groups in total. The molecule has 2 aliphatic rings. The zero-order valence-electron chi connectivity index (χ0n) is 21.6. The zero-order valence-corrected chi connectivity index (χ0v) is 22.4. The number of pyridine rings is 1. The predicted octanol–water partition coefficient (Wildman–Crippen LogP) is 5.09. The molecule has 3 heterocycles. The Bertz CT molecular complexity index is 1270. The van der Waals surface area contributed by atoms with Gasteiger partial charge in [-0.05, 0) is 62.6 Å². The second kappa shape index (κ2) is 10.9. The molecule has 1 aliphatic heterocycles. The molecule has 2 amide bonds. The van der Waals surface area contributed by atoms with Gasteiger partial charge in [0.2, 0.25) is 0 Å². The van der Waals surface area contributed by atoms with E-state index < -0.39 is 15.3 Å². The Hall–Kier alpha value is -3.25. The molecule has 10 nitrogen and oxygen atoms in total. The fourth-order valence-electron chi connectivity index (χ4n) is 4.68. The minimum absolute atomic E-state index is 0.114. The number of rotatable bonds is 8. The number of aromatic nitrogens is 3. The monoisotopic (exact) mass is 538 g/mol. The van der Waals surface area contributed by atoms with Crippen LogP contribution < -0.4 is 15.5 Å². The van der Waals surface area contributed by atoms with Gasteiger partial charge in [0.25, 0.3) is 0 Å². The van der Waals surface area contributed by atoms with Crippen molar-refractivity contribution in [2.24, 2.45) is 0 Å². The van der Waals surface area contributed by atoms with Crippen molar-refractivity contribution >= 4 is 28.1 Å². The normalized spacial score (nSPS) is 19.1. The number of nitrogens with zero attached hydrogens (tertiary/aromatic N) is 4. The summed E-state index contributed by atoms with van der Waals surface area (Å²) in [4.78, 5) is 28.5. The van der Waals surface area contributed by atoms with Crippen LogP contribution in [0.4, 0.5) is 16.3 Å². The first-order valence-electron chi connectivity index (χ1n) is 12.9. The Morgan fingerprint density at radius 1 is 1.16 bits per heavy atom. The second-order valence-corrected chi connectivity index (χ2v) is 12.1. The number of ether oxygens (including phenoxy) is 1. The fraction of sp³-hybridized carbons (Fsp3) is 0.407. The van der Waals surface area contributed by atoms with Crippen LogP contribution in [-0.2, 0) is 9.48 Å². The van der Waals surface area contributed by atoms with Gasteiger partial charge in [0, 0.05) is 42.8 Å². The van der Waals surface area contributed by atoms with Crippen LogP contribution in [0.25, 0.3) is 11.4 Å². The average Bonchev–Trinajstić information content (AvgIpc) is 3.76. The lowest BCUT2D eigenvalue weighted by Gasteiger charge is -2.41. The van der Waals surface area contributed by atoms with Gasteiger partial charge in [-0.3, -0.25) is 14.1 Å². The highest BCUT2D eigenvalue weighted by Crippen LogP contribution is 2.75. The molecule has 3 aromatic rings. The molecule has 2 fully saturated rings. The number of benzene rings is 1. The van der Waals surface area contributed by atoms with Crippen molar-refractivity contribution in [3.8, 4) is 11.4 Å². The van der Waals surface area contributed by atoms with Crippen LogP contribution in [0.15, 0.2) is 59.8 Å². The van der Waals surface area contributed by atoms with E-state index in [0.717, 1.165) is 17.8 Å². The molecule has 38 heavy (non-hydrogen) atoms. The van der Waals surface area contributed by atoms with E-state index in [1.54, 1.807) is 24.5 Å². The molecule has 1 aliphatic carbocycles. The summed E-state index contributed by atoms with van der Waals surface area (Å²) < 4.78 is 27.7. The maximum Gasteiger partial charge on any atom is 0.319 e. The van der Waals surface area contributed by atoms with Crippen molar-refractivity contribution in [3.05, 3.63) is 60.6 Å². The Morgan fingerprint density at radius 3 is 2.55 bits per heavy atom. The summed E-state index contributed by atoms with van der Waals surface area (Å²) in [6, 6.07) is 12.4. The molecule has 11 heteroatoms. The van der Waals surface area contributed by atoms with Crippen molar-refractivity contribution in [3.63, 3.8) is 0 Å². The number of hydrogen-bond donors (Lipinski definition) is 4. The van der Waals surface area contributed by atoms with E-state index in [1.165, 1.54) is 0 Å². The summed E-state index contributed by atoms with van der Waals surface area (Å²) in [5.41, 5.74) is 2.05. The number of amides is 2. The summed E-state index contributed by atoms with van der Waals surface area (Å²) in [6.45, 7) is 6.55. The lowest BCUT2D eigenvalue weighted by Crippen LogP contribution is -2.44. The third-order valence-electron chi connectivity index (χ3n) is 7.01. The van der Waals surface area contributed by atoms with Gasteiger partial charge in [-0.15, -0.1) is 0 Å². The van der Waals surface area contributed by atoms with Crippen LogP contribution >= 0.6 is 10.6 Å². The molecule has 0 spiro atoms. The van der Waals surface area contributed by atoms with Crippen LogP contribution in [0.5, 0.6) is 0 Å². The summed E-state index contributed by atoms with van der Waals surface area (Å²) >= 11 is 0. The molecular formula is C27H34N6O4S. The molecule has 1 aromatic carbocycles. The number of hydrogen-bond acceptors (Lipinski definition) is 8. The van der Waals surface area contributed by atoms with E-state index in [4.69, 9.17) is 14.7 Å². The van der Waals surface area contributed by atoms with Crippen LogP contribution in [-0.4, -0.2) is 62.4 Å². The third kappa shape index (κ3) is 5.19. The van der Waals surface area contributed by atoms with Gasteiger partial charge in [-0.1, -0.05) is 6.92 Å².